The Morgan fingerprint density at radius 1 is 1.21 bits per heavy atom. The SMILES string of the molecule is COc1ccc(C(=O)NC[C@@H](O)COc2ccc(C(C)(C)C)cc2)cc1[N+](=O)[O-]. The average Bonchev–Trinajstić information content (AvgIpc) is 2.69. The van der Waals surface area contributed by atoms with E-state index >= 15 is 0 Å². The van der Waals surface area contributed by atoms with E-state index in [4.69, 9.17) is 9.47 Å². The van der Waals surface area contributed by atoms with Gasteiger partial charge in [-0.25, -0.2) is 0 Å². The molecule has 0 heterocycles. The molecule has 2 aromatic rings. The van der Waals surface area contributed by atoms with Crippen LogP contribution in [0.25, 0.3) is 0 Å². The Balaban J connectivity index is 1.87. The van der Waals surface area contributed by atoms with Crippen molar-refractivity contribution in [1.29, 1.82) is 0 Å². The van der Waals surface area contributed by atoms with Gasteiger partial charge in [-0.3, -0.25) is 14.9 Å². The highest BCUT2D eigenvalue weighted by molar-refractivity contribution is 5.95. The summed E-state index contributed by atoms with van der Waals surface area (Å²) in [5.41, 5.74) is 1.01. The second-order valence-corrected chi connectivity index (χ2v) is 7.59. The fraction of sp³-hybridized carbons (Fsp3) is 0.381. The molecule has 2 N–H and O–H groups in total. The van der Waals surface area contributed by atoms with Crippen LogP contribution in [0.4, 0.5) is 5.69 Å². The minimum Gasteiger partial charge on any atom is -0.491 e. The van der Waals surface area contributed by atoms with Gasteiger partial charge in [0.25, 0.3) is 5.91 Å². The van der Waals surface area contributed by atoms with Crippen molar-refractivity contribution in [3.63, 3.8) is 0 Å². The van der Waals surface area contributed by atoms with Crippen LogP contribution in [-0.2, 0) is 5.41 Å². The molecule has 0 unspecified atom stereocenters. The number of methoxy groups -OCH3 is 1. The fourth-order valence-electron chi connectivity index (χ4n) is 2.59. The summed E-state index contributed by atoms with van der Waals surface area (Å²) in [7, 11) is 1.31. The largest absolute Gasteiger partial charge is 0.491 e. The second kappa shape index (κ2) is 9.38. The highest BCUT2D eigenvalue weighted by atomic mass is 16.6. The number of hydrogen-bond acceptors (Lipinski definition) is 6. The van der Waals surface area contributed by atoms with Gasteiger partial charge in [0, 0.05) is 18.2 Å². The molecule has 0 saturated heterocycles. The molecule has 29 heavy (non-hydrogen) atoms. The zero-order valence-corrected chi connectivity index (χ0v) is 17.0. The summed E-state index contributed by atoms with van der Waals surface area (Å²) >= 11 is 0. The molecule has 8 nitrogen and oxygen atoms in total. The van der Waals surface area contributed by atoms with E-state index in [1.807, 2.05) is 24.3 Å². The normalized spacial score (nSPS) is 12.2. The summed E-state index contributed by atoms with van der Waals surface area (Å²) in [6.45, 7) is 6.29. The standard InChI is InChI=1S/C21H26N2O6/c1-21(2,3)15-6-8-17(9-7-15)29-13-16(24)12-22-20(25)14-5-10-19(28-4)18(11-14)23(26)27/h5-11,16,24H,12-13H2,1-4H3,(H,22,25)/t16-/m1/s1. The van der Waals surface area contributed by atoms with Gasteiger partial charge in [-0.2, -0.15) is 0 Å². The van der Waals surface area contributed by atoms with Crippen LogP contribution in [0.3, 0.4) is 0 Å². The van der Waals surface area contributed by atoms with Crippen molar-refractivity contribution in [2.75, 3.05) is 20.3 Å². The summed E-state index contributed by atoms with van der Waals surface area (Å²) in [5.74, 6) is 0.149. The molecule has 0 bridgehead atoms. The number of hydrogen-bond donors (Lipinski definition) is 2. The minimum absolute atomic E-state index is 0.00208. The maximum Gasteiger partial charge on any atom is 0.311 e. The molecule has 0 aliphatic heterocycles. The minimum atomic E-state index is -0.936. The molecule has 0 aliphatic rings. The summed E-state index contributed by atoms with van der Waals surface area (Å²) in [5, 5.41) is 23.6. The lowest BCUT2D eigenvalue weighted by molar-refractivity contribution is -0.385. The third-order valence-corrected chi connectivity index (χ3v) is 4.30. The molecular formula is C21H26N2O6. The average molecular weight is 402 g/mol. The van der Waals surface area contributed by atoms with E-state index in [2.05, 4.69) is 26.1 Å². The predicted octanol–water partition coefficient (Wildman–Crippen LogP) is 3.07. The van der Waals surface area contributed by atoms with Gasteiger partial charge in [0.05, 0.1) is 12.0 Å². The van der Waals surface area contributed by atoms with Crippen molar-refractivity contribution >= 4 is 11.6 Å². The molecular weight excluding hydrogens is 376 g/mol. The number of carbonyl (C=O) groups is 1. The van der Waals surface area contributed by atoms with E-state index in [1.54, 1.807) is 0 Å². The third kappa shape index (κ3) is 6.18. The number of nitro benzene ring substituents is 1. The van der Waals surface area contributed by atoms with Crippen LogP contribution < -0.4 is 14.8 Å². The Hall–Kier alpha value is -3.13. The lowest BCUT2D eigenvalue weighted by Gasteiger charge is -2.19. The van der Waals surface area contributed by atoms with Crippen molar-refractivity contribution in [2.45, 2.75) is 32.3 Å². The van der Waals surface area contributed by atoms with Crippen LogP contribution in [0.2, 0.25) is 0 Å². The summed E-state index contributed by atoms with van der Waals surface area (Å²) in [6, 6.07) is 11.5. The Morgan fingerprint density at radius 3 is 2.41 bits per heavy atom. The van der Waals surface area contributed by atoms with Gasteiger partial charge in [-0.05, 0) is 35.2 Å². The molecule has 0 aliphatic carbocycles. The van der Waals surface area contributed by atoms with Gasteiger partial charge in [0.2, 0.25) is 0 Å². The first-order valence-corrected chi connectivity index (χ1v) is 9.14. The van der Waals surface area contributed by atoms with Gasteiger partial charge in [-0.15, -0.1) is 0 Å². The zero-order chi connectivity index (χ0) is 21.6. The summed E-state index contributed by atoms with van der Waals surface area (Å²) in [6.07, 6.45) is -0.936. The van der Waals surface area contributed by atoms with Crippen molar-refractivity contribution < 1.29 is 24.3 Å². The number of carbonyl (C=O) groups excluding carboxylic acids is 1. The molecule has 156 valence electrons. The molecule has 8 heteroatoms. The Kier molecular flexibility index (Phi) is 7.17. The maximum absolute atomic E-state index is 12.2. The predicted molar refractivity (Wildman–Crippen MR) is 109 cm³/mol. The van der Waals surface area contributed by atoms with E-state index in [-0.39, 0.29) is 35.6 Å². The number of nitro groups is 1. The van der Waals surface area contributed by atoms with E-state index < -0.39 is 16.9 Å². The monoisotopic (exact) mass is 402 g/mol. The molecule has 0 fully saturated rings. The molecule has 2 rings (SSSR count). The van der Waals surface area contributed by atoms with Crippen molar-refractivity contribution in [3.8, 4) is 11.5 Å². The van der Waals surface area contributed by atoms with Crippen LogP contribution in [0.1, 0.15) is 36.7 Å². The molecule has 0 spiro atoms. The van der Waals surface area contributed by atoms with Gasteiger partial charge < -0.3 is 19.9 Å². The summed E-state index contributed by atoms with van der Waals surface area (Å²) < 4.78 is 10.5. The Labute approximate surface area is 169 Å². The van der Waals surface area contributed by atoms with Gasteiger partial charge in [-0.1, -0.05) is 32.9 Å². The van der Waals surface area contributed by atoms with Gasteiger partial charge >= 0.3 is 5.69 Å². The first kappa shape index (κ1) is 22.2. The highest BCUT2D eigenvalue weighted by Gasteiger charge is 2.19. The number of nitrogens with zero attached hydrogens (tertiary/aromatic N) is 1. The molecule has 1 amide bonds. The lowest BCUT2D eigenvalue weighted by atomic mass is 9.87. The number of aliphatic hydroxyl groups excluding tert-OH is 1. The van der Waals surface area contributed by atoms with Crippen LogP contribution in [0.5, 0.6) is 11.5 Å². The van der Waals surface area contributed by atoms with E-state index in [9.17, 15) is 20.0 Å². The van der Waals surface area contributed by atoms with Crippen LogP contribution >= 0.6 is 0 Å². The van der Waals surface area contributed by atoms with Crippen LogP contribution in [0.15, 0.2) is 42.5 Å². The molecule has 0 aromatic heterocycles. The second-order valence-electron chi connectivity index (χ2n) is 7.59. The molecule has 0 saturated carbocycles. The van der Waals surface area contributed by atoms with Gasteiger partial charge in [0.1, 0.15) is 18.5 Å². The van der Waals surface area contributed by atoms with Crippen molar-refractivity contribution in [1.82, 2.24) is 5.32 Å². The number of rotatable bonds is 8. The third-order valence-electron chi connectivity index (χ3n) is 4.30. The zero-order valence-electron chi connectivity index (χ0n) is 17.0. The first-order valence-electron chi connectivity index (χ1n) is 9.14. The number of ether oxygens (including phenoxy) is 2. The molecule has 1 atom stereocenters. The molecule has 2 aromatic carbocycles. The van der Waals surface area contributed by atoms with E-state index in [0.717, 1.165) is 6.07 Å². The van der Waals surface area contributed by atoms with E-state index in [0.29, 0.717) is 5.75 Å². The van der Waals surface area contributed by atoms with Crippen LogP contribution in [0, 0.1) is 10.1 Å². The quantitative estimate of drug-likeness (QED) is 0.519. The number of amides is 1. The van der Waals surface area contributed by atoms with Crippen molar-refractivity contribution in [3.05, 3.63) is 63.7 Å². The topological polar surface area (TPSA) is 111 Å². The maximum atomic E-state index is 12.2. The summed E-state index contributed by atoms with van der Waals surface area (Å²) in [4.78, 5) is 22.6. The van der Waals surface area contributed by atoms with E-state index in [1.165, 1.54) is 24.8 Å². The number of nitrogens with one attached hydrogen (secondary N) is 1. The lowest BCUT2D eigenvalue weighted by Crippen LogP contribution is -2.35. The van der Waals surface area contributed by atoms with Crippen molar-refractivity contribution in [2.24, 2.45) is 0 Å². The number of benzene rings is 2. The van der Waals surface area contributed by atoms with Gasteiger partial charge in [0.15, 0.2) is 5.75 Å². The first-order chi connectivity index (χ1) is 13.6. The number of aliphatic hydroxyl groups is 1. The van der Waals surface area contributed by atoms with Crippen LogP contribution in [-0.4, -0.2) is 42.3 Å². The smallest absolute Gasteiger partial charge is 0.311 e. The fourth-order valence-corrected chi connectivity index (χ4v) is 2.59. The Morgan fingerprint density at radius 2 is 1.86 bits per heavy atom. The Bertz CT molecular complexity index is 858. The highest BCUT2D eigenvalue weighted by Crippen LogP contribution is 2.27. The molecule has 0 radical (unpaired) electrons.